The molecular formula is C21H26FNO3S. The smallest absolute Gasteiger partial charge is 0.175 e. The fourth-order valence-corrected chi connectivity index (χ4v) is 4.52. The Kier molecular flexibility index (Phi) is 5.86. The molecular weight excluding hydrogens is 365 g/mol. The first-order chi connectivity index (χ1) is 12.8. The van der Waals surface area contributed by atoms with Crippen LogP contribution in [0.4, 0.5) is 4.39 Å². The predicted octanol–water partition coefficient (Wildman–Crippen LogP) is 4.22. The van der Waals surface area contributed by atoms with Gasteiger partial charge in [-0.25, -0.2) is 12.8 Å². The Morgan fingerprint density at radius 3 is 2.48 bits per heavy atom. The van der Waals surface area contributed by atoms with Crippen molar-refractivity contribution in [3.05, 3.63) is 59.4 Å². The molecule has 0 bridgehead atoms. The highest BCUT2D eigenvalue weighted by Crippen LogP contribution is 2.36. The van der Waals surface area contributed by atoms with E-state index in [0.29, 0.717) is 22.4 Å². The molecule has 146 valence electrons. The molecule has 1 saturated carbocycles. The van der Waals surface area contributed by atoms with E-state index in [-0.39, 0.29) is 17.6 Å². The summed E-state index contributed by atoms with van der Waals surface area (Å²) in [7, 11) is -1.70. The van der Waals surface area contributed by atoms with E-state index in [1.54, 1.807) is 30.3 Å². The second-order valence-corrected chi connectivity index (χ2v) is 9.32. The lowest BCUT2D eigenvalue weighted by Gasteiger charge is -2.21. The largest absolute Gasteiger partial charge is 0.494 e. The molecule has 3 atom stereocenters. The van der Waals surface area contributed by atoms with Crippen molar-refractivity contribution in [2.75, 3.05) is 13.4 Å². The van der Waals surface area contributed by atoms with E-state index in [4.69, 9.17) is 4.74 Å². The van der Waals surface area contributed by atoms with Gasteiger partial charge in [0.15, 0.2) is 21.4 Å². The van der Waals surface area contributed by atoms with E-state index in [1.165, 1.54) is 13.4 Å². The summed E-state index contributed by atoms with van der Waals surface area (Å²) >= 11 is 0. The second kappa shape index (κ2) is 7.98. The van der Waals surface area contributed by atoms with Crippen LogP contribution in [0, 0.1) is 5.82 Å². The third-order valence-corrected chi connectivity index (χ3v) is 6.51. The minimum atomic E-state index is -3.17. The van der Waals surface area contributed by atoms with Crippen molar-refractivity contribution in [3.8, 4) is 5.75 Å². The van der Waals surface area contributed by atoms with Crippen molar-refractivity contribution in [1.29, 1.82) is 0 Å². The number of sulfone groups is 1. The molecule has 3 rings (SSSR count). The third-order valence-electron chi connectivity index (χ3n) is 5.38. The van der Waals surface area contributed by atoms with Gasteiger partial charge in [-0.1, -0.05) is 24.3 Å². The van der Waals surface area contributed by atoms with Gasteiger partial charge >= 0.3 is 0 Å². The highest BCUT2D eigenvalue weighted by molar-refractivity contribution is 7.90. The summed E-state index contributed by atoms with van der Waals surface area (Å²) in [6.07, 6.45) is 4.21. The maximum Gasteiger partial charge on any atom is 0.175 e. The molecule has 0 aliphatic heterocycles. The van der Waals surface area contributed by atoms with Crippen LogP contribution < -0.4 is 10.1 Å². The molecule has 0 spiro atoms. The van der Waals surface area contributed by atoms with E-state index in [2.05, 4.69) is 5.32 Å². The molecule has 27 heavy (non-hydrogen) atoms. The van der Waals surface area contributed by atoms with Crippen LogP contribution in [0.3, 0.4) is 0 Å². The Labute approximate surface area is 160 Å². The Balaban J connectivity index is 1.64. The summed E-state index contributed by atoms with van der Waals surface area (Å²) in [6, 6.07) is 12.6. The lowest BCUT2D eigenvalue weighted by molar-refractivity contribution is 0.376. The number of methoxy groups -OCH3 is 1. The molecule has 0 aromatic heterocycles. The monoisotopic (exact) mass is 391 g/mol. The van der Waals surface area contributed by atoms with Crippen LogP contribution in [0.25, 0.3) is 0 Å². The number of hydrogen-bond acceptors (Lipinski definition) is 4. The zero-order valence-electron chi connectivity index (χ0n) is 15.9. The predicted molar refractivity (Wildman–Crippen MR) is 104 cm³/mol. The van der Waals surface area contributed by atoms with Crippen molar-refractivity contribution in [1.82, 2.24) is 5.32 Å². The fraction of sp³-hybridized carbons (Fsp3) is 0.429. The van der Waals surface area contributed by atoms with Crippen LogP contribution >= 0.6 is 0 Å². The Morgan fingerprint density at radius 1 is 1.15 bits per heavy atom. The van der Waals surface area contributed by atoms with Gasteiger partial charge in [0.1, 0.15) is 0 Å². The van der Waals surface area contributed by atoms with E-state index >= 15 is 0 Å². The quantitative estimate of drug-likeness (QED) is 0.801. The molecule has 0 amide bonds. The van der Waals surface area contributed by atoms with Crippen molar-refractivity contribution in [3.63, 3.8) is 0 Å². The molecule has 2 aromatic rings. The molecule has 1 fully saturated rings. The molecule has 0 saturated heterocycles. The number of halogens is 1. The van der Waals surface area contributed by atoms with Gasteiger partial charge in [-0.05, 0) is 55.9 Å². The second-order valence-electron chi connectivity index (χ2n) is 7.30. The summed E-state index contributed by atoms with van der Waals surface area (Å²) in [6.45, 7) is 1.96. The fourth-order valence-electron chi connectivity index (χ4n) is 3.89. The van der Waals surface area contributed by atoms with E-state index in [1.807, 2.05) is 19.1 Å². The number of ether oxygens (including phenoxy) is 1. The first kappa shape index (κ1) is 19.8. The molecule has 0 heterocycles. The van der Waals surface area contributed by atoms with Gasteiger partial charge in [-0.15, -0.1) is 0 Å². The molecule has 4 nitrogen and oxygen atoms in total. The average Bonchev–Trinajstić information content (AvgIpc) is 3.09. The Hall–Kier alpha value is -1.92. The SMILES string of the molecule is COc1cccc([C@@H](C)N[C@H]2CCC(c3ccc(S(C)(=O)=O)cc3)C2)c1F. The molecule has 1 aliphatic carbocycles. The maximum absolute atomic E-state index is 14.5. The van der Waals surface area contributed by atoms with Gasteiger partial charge < -0.3 is 10.1 Å². The van der Waals surface area contributed by atoms with Gasteiger partial charge in [0.05, 0.1) is 12.0 Å². The van der Waals surface area contributed by atoms with Crippen LogP contribution in [-0.4, -0.2) is 27.8 Å². The van der Waals surface area contributed by atoms with Crippen LogP contribution in [0.5, 0.6) is 5.75 Å². The highest BCUT2D eigenvalue weighted by atomic mass is 32.2. The normalized spacial score (nSPS) is 21.2. The standard InChI is InChI=1S/C21H26FNO3S/c1-14(19-5-4-6-20(26-2)21(19)22)23-17-10-7-16(13-17)15-8-11-18(12-9-15)27(3,24)25/h4-6,8-9,11-12,14,16-17,23H,7,10,13H2,1-3H3/t14-,16?,17+/m1/s1. The first-order valence-corrected chi connectivity index (χ1v) is 11.1. The minimum absolute atomic E-state index is 0.114. The number of hydrogen-bond donors (Lipinski definition) is 1. The van der Waals surface area contributed by atoms with Crippen LogP contribution in [0.15, 0.2) is 47.4 Å². The molecule has 2 aromatic carbocycles. The number of rotatable bonds is 6. The summed E-state index contributed by atoms with van der Waals surface area (Å²) in [5.74, 6) is 0.334. The number of benzene rings is 2. The van der Waals surface area contributed by atoms with Gasteiger partial charge in [-0.2, -0.15) is 0 Å². The van der Waals surface area contributed by atoms with Crippen LogP contribution in [-0.2, 0) is 9.84 Å². The molecule has 1 N–H and O–H groups in total. The van der Waals surface area contributed by atoms with Gasteiger partial charge in [0, 0.05) is 23.9 Å². The minimum Gasteiger partial charge on any atom is -0.494 e. The Bertz CT molecular complexity index is 896. The summed E-state index contributed by atoms with van der Waals surface area (Å²) in [5.41, 5.74) is 1.77. The van der Waals surface area contributed by atoms with E-state index in [9.17, 15) is 12.8 Å². The van der Waals surface area contributed by atoms with Crippen molar-refractivity contribution < 1.29 is 17.5 Å². The average molecular weight is 392 g/mol. The highest BCUT2D eigenvalue weighted by Gasteiger charge is 2.28. The van der Waals surface area contributed by atoms with E-state index in [0.717, 1.165) is 24.8 Å². The van der Waals surface area contributed by atoms with Crippen LogP contribution in [0.2, 0.25) is 0 Å². The van der Waals surface area contributed by atoms with Crippen molar-refractivity contribution in [2.45, 2.75) is 49.1 Å². The number of nitrogens with one attached hydrogen (secondary N) is 1. The van der Waals surface area contributed by atoms with E-state index < -0.39 is 9.84 Å². The molecule has 1 unspecified atom stereocenters. The molecule has 6 heteroatoms. The Morgan fingerprint density at radius 2 is 1.85 bits per heavy atom. The lowest BCUT2D eigenvalue weighted by Crippen LogP contribution is -2.29. The zero-order chi connectivity index (χ0) is 19.6. The summed E-state index contributed by atoms with van der Waals surface area (Å²) < 4.78 is 42.7. The summed E-state index contributed by atoms with van der Waals surface area (Å²) in [4.78, 5) is 0.348. The lowest BCUT2D eigenvalue weighted by atomic mass is 9.97. The summed E-state index contributed by atoms with van der Waals surface area (Å²) in [5, 5.41) is 3.53. The molecule has 0 radical (unpaired) electrons. The van der Waals surface area contributed by atoms with Crippen LogP contribution in [0.1, 0.15) is 49.3 Å². The zero-order valence-corrected chi connectivity index (χ0v) is 16.7. The van der Waals surface area contributed by atoms with Crippen molar-refractivity contribution in [2.24, 2.45) is 0 Å². The van der Waals surface area contributed by atoms with Crippen molar-refractivity contribution >= 4 is 9.84 Å². The van der Waals surface area contributed by atoms with Gasteiger partial charge in [0.25, 0.3) is 0 Å². The topological polar surface area (TPSA) is 55.4 Å². The third kappa shape index (κ3) is 4.50. The molecule has 1 aliphatic rings. The van der Waals surface area contributed by atoms with Gasteiger partial charge in [-0.3, -0.25) is 0 Å². The maximum atomic E-state index is 14.5. The van der Waals surface area contributed by atoms with Gasteiger partial charge in [0.2, 0.25) is 0 Å². The first-order valence-electron chi connectivity index (χ1n) is 9.18.